The summed E-state index contributed by atoms with van der Waals surface area (Å²) in [7, 11) is 0. The minimum atomic E-state index is 0.00168. The third-order valence-corrected chi connectivity index (χ3v) is 3.64. The number of rotatable bonds is 3. The van der Waals surface area contributed by atoms with E-state index in [-0.39, 0.29) is 5.41 Å². The number of aromatic nitrogens is 1. The molecule has 96 valence electrons. The van der Waals surface area contributed by atoms with Gasteiger partial charge in [0.2, 0.25) is 5.89 Å². The molecule has 1 aromatic carbocycles. The number of nitrogen functional groups attached to an aromatic ring is 1. The summed E-state index contributed by atoms with van der Waals surface area (Å²) in [6.07, 6.45) is 1.81. The van der Waals surface area contributed by atoms with Gasteiger partial charge in [-0.05, 0) is 12.1 Å². The largest absolute Gasteiger partial charge is 0.444 e. The fourth-order valence-corrected chi connectivity index (χ4v) is 2.30. The van der Waals surface area contributed by atoms with Crippen LogP contribution in [-0.2, 0) is 11.2 Å². The number of hydrogen-bond acceptors (Lipinski definition) is 4. The Bertz CT molecular complexity index is 529. The Hall–Kier alpha value is -1.42. The average molecular weight is 262 g/mol. The zero-order chi connectivity index (χ0) is 13.2. The van der Waals surface area contributed by atoms with Gasteiger partial charge in [0.25, 0.3) is 0 Å². The zero-order valence-corrected chi connectivity index (χ0v) is 11.8. The highest BCUT2D eigenvalue weighted by atomic mass is 32.2. The molecule has 0 amide bonds. The molecule has 0 atom stereocenters. The monoisotopic (exact) mass is 262 g/mol. The van der Waals surface area contributed by atoms with Crippen LogP contribution in [0.3, 0.4) is 0 Å². The van der Waals surface area contributed by atoms with Gasteiger partial charge in [-0.3, -0.25) is 0 Å². The number of thioether (sulfide) groups is 1. The average Bonchev–Trinajstić information content (AvgIpc) is 2.76. The van der Waals surface area contributed by atoms with E-state index in [2.05, 4.69) is 25.8 Å². The van der Waals surface area contributed by atoms with Crippen LogP contribution in [0.1, 0.15) is 32.4 Å². The fourth-order valence-electron chi connectivity index (χ4n) is 1.48. The second-order valence-corrected chi connectivity index (χ2v) is 6.21. The van der Waals surface area contributed by atoms with Gasteiger partial charge in [-0.1, -0.05) is 32.9 Å². The molecule has 0 saturated carbocycles. The van der Waals surface area contributed by atoms with Crippen LogP contribution >= 0.6 is 11.8 Å². The van der Waals surface area contributed by atoms with Crippen molar-refractivity contribution in [3.05, 3.63) is 42.1 Å². The number of oxazole rings is 1. The Kier molecular flexibility index (Phi) is 3.66. The van der Waals surface area contributed by atoms with E-state index in [9.17, 15) is 0 Å². The lowest BCUT2D eigenvalue weighted by molar-refractivity contribution is 0.391. The van der Waals surface area contributed by atoms with Crippen molar-refractivity contribution in [2.75, 3.05) is 5.73 Å². The van der Waals surface area contributed by atoms with Crippen molar-refractivity contribution in [2.24, 2.45) is 0 Å². The topological polar surface area (TPSA) is 52.0 Å². The van der Waals surface area contributed by atoms with Gasteiger partial charge in [-0.25, -0.2) is 4.98 Å². The molecule has 0 radical (unpaired) electrons. The molecule has 0 unspecified atom stereocenters. The van der Waals surface area contributed by atoms with Crippen molar-refractivity contribution >= 4 is 17.4 Å². The molecule has 1 aromatic heterocycles. The first-order valence-corrected chi connectivity index (χ1v) is 6.88. The molecule has 2 N–H and O–H groups in total. The summed E-state index contributed by atoms with van der Waals surface area (Å²) in [4.78, 5) is 5.36. The second-order valence-electron chi connectivity index (χ2n) is 5.19. The van der Waals surface area contributed by atoms with Crippen LogP contribution in [-0.4, -0.2) is 4.98 Å². The van der Waals surface area contributed by atoms with Crippen molar-refractivity contribution in [1.82, 2.24) is 4.98 Å². The number of nitrogens with two attached hydrogens (primary N) is 1. The van der Waals surface area contributed by atoms with Gasteiger partial charge in [0.05, 0.1) is 11.9 Å². The van der Waals surface area contributed by atoms with Gasteiger partial charge < -0.3 is 10.2 Å². The Balaban J connectivity index is 2.03. The lowest BCUT2D eigenvalue weighted by Crippen LogP contribution is -2.09. The maximum absolute atomic E-state index is 5.89. The van der Waals surface area contributed by atoms with E-state index in [4.69, 9.17) is 10.2 Å². The molecule has 0 fully saturated rings. The molecule has 2 aromatic rings. The Morgan fingerprint density at radius 1 is 1.28 bits per heavy atom. The predicted octanol–water partition coefficient (Wildman–Crippen LogP) is 3.85. The fraction of sp³-hybridized carbons (Fsp3) is 0.357. The normalized spacial score (nSPS) is 11.7. The molecule has 3 nitrogen and oxygen atoms in total. The predicted molar refractivity (Wildman–Crippen MR) is 75.6 cm³/mol. The molecule has 0 spiro atoms. The minimum absolute atomic E-state index is 0.00168. The van der Waals surface area contributed by atoms with Gasteiger partial charge in [0, 0.05) is 16.0 Å². The molecule has 0 saturated heterocycles. The van der Waals surface area contributed by atoms with Gasteiger partial charge in [-0.2, -0.15) is 0 Å². The zero-order valence-electron chi connectivity index (χ0n) is 10.9. The summed E-state index contributed by atoms with van der Waals surface area (Å²) in [5, 5.41) is 0. The van der Waals surface area contributed by atoms with Gasteiger partial charge in [0.1, 0.15) is 5.76 Å². The van der Waals surface area contributed by atoms with E-state index in [1.807, 2.05) is 30.5 Å². The summed E-state index contributed by atoms with van der Waals surface area (Å²) in [5.74, 6) is 2.36. The summed E-state index contributed by atoms with van der Waals surface area (Å²) in [6.45, 7) is 6.33. The Labute approximate surface area is 112 Å². The van der Waals surface area contributed by atoms with E-state index in [1.54, 1.807) is 11.8 Å². The Morgan fingerprint density at radius 3 is 2.61 bits per heavy atom. The van der Waals surface area contributed by atoms with Crippen molar-refractivity contribution in [1.29, 1.82) is 0 Å². The standard InChI is InChI=1S/C14H18N2OS/c1-14(2,3)12-8-16-13(17-12)9-18-11-7-5-4-6-10(11)15/h4-8H,9,15H2,1-3H3. The maximum atomic E-state index is 5.89. The number of benzene rings is 1. The van der Waals surface area contributed by atoms with E-state index < -0.39 is 0 Å². The number of nitrogens with zero attached hydrogens (tertiary/aromatic N) is 1. The van der Waals surface area contributed by atoms with Crippen LogP contribution in [0.25, 0.3) is 0 Å². The lowest BCUT2D eigenvalue weighted by atomic mass is 9.94. The Morgan fingerprint density at radius 2 is 2.00 bits per heavy atom. The van der Waals surface area contributed by atoms with E-state index >= 15 is 0 Å². The SMILES string of the molecule is CC(C)(C)c1cnc(CSc2ccccc2N)o1. The molecule has 0 bridgehead atoms. The molecule has 18 heavy (non-hydrogen) atoms. The van der Waals surface area contributed by atoms with Crippen LogP contribution in [0.5, 0.6) is 0 Å². The highest BCUT2D eigenvalue weighted by Gasteiger charge is 2.19. The highest BCUT2D eigenvalue weighted by Crippen LogP contribution is 2.29. The first kappa shape index (κ1) is 13.0. The van der Waals surface area contributed by atoms with E-state index in [0.29, 0.717) is 5.75 Å². The van der Waals surface area contributed by atoms with Crippen LogP contribution in [0.4, 0.5) is 5.69 Å². The number of hydrogen-bond donors (Lipinski definition) is 1. The first-order valence-electron chi connectivity index (χ1n) is 5.89. The van der Waals surface area contributed by atoms with Crippen LogP contribution in [0.2, 0.25) is 0 Å². The van der Waals surface area contributed by atoms with E-state index in [0.717, 1.165) is 22.2 Å². The number of anilines is 1. The smallest absolute Gasteiger partial charge is 0.204 e. The summed E-state index contributed by atoms with van der Waals surface area (Å²) >= 11 is 1.64. The quantitative estimate of drug-likeness (QED) is 0.674. The number of para-hydroxylation sites is 1. The molecule has 0 aliphatic carbocycles. The van der Waals surface area contributed by atoms with Crippen molar-refractivity contribution in [3.63, 3.8) is 0 Å². The van der Waals surface area contributed by atoms with Gasteiger partial charge in [0.15, 0.2) is 0 Å². The van der Waals surface area contributed by atoms with Crippen LogP contribution < -0.4 is 5.73 Å². The van der Waals surface area contributed by atoms with Crippen molar-refractivity contribution < 1.29 is 4.42 Å². The molecule has 1 heterocycles. The molecular formula is C14H18N2OS. The highest BCUT2D eigenvalue weighted by molar-refractivity contribution is 7.98. The van der Waals surface area contributed by atoms with Crippen molar-refractivity contribution in [2.45, 2.75) is 36.8 Å². The third kappa shape index (κ3) is 3.07. The summed E-state index contributed by atoms with van der Waals surface area (Å²) in [6, 6.07) is 7.82. The van der Waals surface area contributed by atoms with Crippen LogP contribution in [0, 0.1) is 0 Å². The summed E-state index contributed by atoms with van der Waals surface area (Å²) < 4.78 is 5.74. The van der Waals surface area contributed by atoms with E-state index in [1.165, 1.54) is 0 Å². The molecule has 0 aliphatic rings. The lowest BCUT2D eigenvalue weighted by Gasteiger charge is -2.13. The molecule has 0 aliphatic heterocycles. The second kappa shape index (κ2) is 5.06. The van der Waals surface area contributed by atoms with Crippen molar-refractivity contribution in [3.8, 4) is 0 Å². The first-order chi connectivity index (χ1) is 8.47. The molecular weight excluding hydrogens is 244 g/mol. The molecule has 2 rings (SSSR count). The third-order valence-electron chi connectivity index (χ3n) is 2.56. The van der Waals surface area contributed by atoms with Gasteiger partial charge >= 0.3 is 0 Å². The van der Waals surface area contributed by atoms with Gasteiger partial charge in [-0.15, -0.1) is 11.8 Å². The maximum Gasteiger partial charge on any atom is 0.204 e. The van der Waals surface area contributed by atoms with Crippen LogP contribution in [0.15, 0.2) is 39.8 Å². The minimum Gasteiger partial charge on any atom is -0.444 e. The summed E-state index contributed by atoms with van der Waals surface area (Å²) in [5.41, 5.74) is 6.69. The molecule has 4 heteroatoms.